The Labute approximate surface area is 132 Å². The second-order valence-corrected chi connectivity index (χ2v) is 5.18. The van der Waals surface area contributed by atoms with Crippen LogP contribution in [-0.4, -0.2) is 25.0 Å². The zero-order chi connectivity index (χ0) is 16.4. The minimum atomic E-state index is -0.667. The van der Waals surface area contributed by atoms with E-state index in [0.29, 0.717) is 17.1 Å². The van der Waals surface area contributed by atoms with Crippen LogP contribution in [0.2, 0.25) is 0 Å². The van der Waals surface area contributed by atoms with Crippen LogP contribution in [0.15, 0.2) is 48.5 Å². The molecule has 3 rings (SSSR count). The van der Waals surface area contributed by atoms with Crippen molar-refractivity contribution in [2.45, 2.75) is 12.5 Å². The first-order chi connectivity index (χ1) is 11.1. The number of hydrogen-bond acceptors (Lipinski definition) is 4. The highest BCUT2D eigenvalue weighted by Gasteiger charge is 2.39. The molecule has 118 valence electrons. The number of nitrogens with zero attached hydrogens (tertiary/aromatic N) is 1. The zero-order valence-electron chi connectivity index (χ0n) is 12.5. The Kier molecular flexibility index (Phi) is 3.97. The minimum absolute atomic E-state index is 0.0490. The Bertz CT molecular complexity index is 746. The van der Waals surface area contributed by atoms with Gasteiger partial charge in [0.15, 0.2) is 0 Å². The second-order valence-electron chi connectivity index (χ2n) is 5.18. The van der Waals surface area contributed by atoms with Gasteiger partial charge in [0.25, 0.3) is 5.91 Å². The third-order valence-corrected chi connectivity index (χ3v) is 3.64. The SMILES string of the molecule is COc1cccc(N2C(=O)CC(Nc3ccc(F)cc3)C2=O)c1. The summed E-state index contributed by atoms with van der Waals surface area (Å²) in [5.74, 6) is -0.420. The van der Waals surface area contributed by atoms with Crippen LogP contribution >= 0.6 is 0 Å². The number of anilines is 2. The predicted octanol–water partition coefficient (Wildman–Crippen LogP) is 2.58. The fourth-order valence-electron chi connectivity index (χ4n) is 2.51. The predicted molar refractivity (Wildman–Crippen MR) is 83.9 cm³/mol. The zero-order valence-corrected chi connectivity index (χ0v) is 12.5. The summed E-state index contributed by atoms with van der Waals surface area (Å²) in [6.45, 7) is 0. The van der Waals surface area contributed by atoms with E-state index in [1.807, 2.05) is 0 Å². The van der Waals surface area contributed by atoms with E-state index in [4.69, 9.17) is 4.74 Å². The topological polar surface area (TPSA) is 58.6 Å². The van der Waals surface area contributed by atoms with Crippen molar-refractivity contribution in [1.82, 2.24) is 0 Å². The van der Waals surface area contributed by atoms with Gasteiger partial charge in [-0.2, -0.15) is 0 Å². The Hall–Kier alpha value is -2.89. The summed E-state index contributed by atoms with van der Waals surface area (Å²) in [6, 6.07) is 11.8. The second kappa shape index (κ2) is 6.08. The molecule has 6 heteroatoms. The van der Waals surface area contributed by atoms with E-state index in [1.165, 1.54) is 31.4 Å². The number of hydrogen-bond donors (Lipinski definition) is 1. The molecular weight excluding hydrogens is 299 g/mol. The number of imide groups is 1. The number of amides is 2. The molecule has 1 aliphatic rings. The van der Waals surface area contributed by atoms with Crippen molar-refractivity contribution in [1.29, 1.82) is 0 Å². The van der Waals surface area contributed by atoms with Crippen molar-refractivity contribution in [3.63, 3.8) is 0 Å². The normalized spacial score (nSPS) is 17.5. The highest BCUT2D eigenvalue weighted by Crippen LogP contribution is 2.27. The molecule has 1 unspecified atom stereocenters. The first-order valence-electron chi connectivity index (χ1n) is 7.11. The Morgan fingerprint density at radius 2 is 1.91 bits per heavy atom. The molecule has 23 heavy (non-hydrogen) atoms. The Morgan fingerprint density at radius 1 is 1.17 bits per heavy atom. The first kappa shape index (κ1) is 15.0. The van der Waals surface area contributed by atoms with Gasteiger partial charge < -0.3 is 10.1 Å². The molecule has 0 radical (unpaired) electrons. The highest BCUT2D eigenvalue weighted by molar-refractivity contribution is 6.23. The van der Waals surface area contributed by atoms with Gasteiger partial charge >= 0.3 is 0 Å². The van der Waals surface area contributed by atoms with Crippen LogP contribution in [0.1, 0.15) is 6.42 Å². The van der Waals surface area contributed by atoms with Crippen LogP contribution in [0, 0.1) is 5.82 Å². The van der Waals surface area contributed by atoms with Crippen molar-refractivity contribution < 1.29 is 18.7 Å². The summed E-state index contributed by atoms with van der Waals surface area (Å²) in [4.78, 5) is 25.9. The average molecular weight is 314 g/mol. The molecule has 2 aromatic carbocycles. The minimum Gasteiger partial charge on any atom is -0.497 e. The van der Waals surface area contributed by atoms with E-state index < -0.39 is 6.04 Å². The summed E-state index contributed by atoms with van der Waals surface area (Å²) in [5, 5.41) is 2.97. The molecule has 1 aliphatic heterocycles. The molecule has 1 atom stereocenters. The van der Waals surface area contributed by atoms with Gasteiger partial charge in [-0.1, -0.05) is 6.07 Å². The standard InChI is InChI=1S/C17H15FN2O3/c1-23-14-4-2-3-13(9-14)20-16(21)10-15(17(20)22)19-12-7-5-11(18)6-8-12/h2-9,15,19H,10H2,1H3. The number of carbonyl (C=O) groups is 2. The van der Waals surface area contributed by atoms with Gasteiger partial charge in [-0.25, -0.2) is 9.29 Å². The molecule has 0 spiro atoms. The van der Waals surface area contributed by atoms with E-state index in [1.54, 1.807) is 24.3 Å². The van der Waals surface area contributed by atoms with E-state index in [2.05, 4.69) is 5.32 Å². The van der Waals surface area contributed by atoms with Gasteiger partial charge in [0.05, 0.1) is 19.2 Å². The lowest BCUT2D eigenvalue weighted by atomic mass is 10.2. The molecule has 2 aromatic rings. The number of rotatable bonds is 4. The average Bonchev–Trinajstić information content (AvgIpc) is 2.83. The molecule has 0 saturated carbocycles. The van der Waals surface area contributed by atoms with Gasteiger partial charge in [0.2, 0.25) is 5.91 Å². The van der Waals surface area contributed by atoms with Gasteiger partial charge in [-0.05, 0) is 36.4 Å². The molecule has 0 aromatic heterocycles. The van der Waals surface area contributed by atoms with Crippen LogP contribution < -0.4 is 15.0 Å². The van der Waals surface area contributed by atoms with E-state index in [-0.39, 0.29) is 24.1 Å². The number of nitrogens with one attached hydrogen (secondary N) is 1. The molecular formula is C17H15FN2O3. The maximum absolute atomic E-state index is 12.9. The lowest BCUT2D eigenvalue weighted by Crippen LogP contribution is -2.34. The number of ether oxygens (including phenoxy) is 1. The molecule has 1 fully saturated rings. The molecule has 1 heterocycles. The van der Waals surface area contributed by atoms with Gasteiger partial charge in [-0.3, -0.25) is 9.59 Å². The fraction of sp³-hybridized carbons (Fsp3) is 0.176. The molecule has 1 N–H and O–H groups in total. The van der Waals surface area contributed by atoms with Crippen molar-refractivity contribution >= 4 is 23.2 Å². The van der Waals surface area contributed by atoms with Crippen LogP contribution in [0.3, 0.4) is 0 Å². The number of carbonyl (C=O) groups excluding carboxylic acids is 2. The molecule has 0 aliphatic carbocycles. The van der Waals surface area contributed by atoms with E-state index >= 15 is 0 Å². The van der Waals surface area contributed by atoms with Crippen LogP contribution in [0.25, 0.3) is 0 Å². The van der Waals surface area contributed by atoms with Crippen LogP contribution in [-0.2, 0) is 9.59 Å². The Morgan fingerprint density at radius 3 is 2.61 bits per heavy atom. The van der Waals surface area contributed by atoms with E-state index in [0.717, 1.165) is 4.90 Å². The molecule has 5 nitrogen and oxygen atoms in total. The summed E-state index contributed by atoms with van der Waals surface area (Å²) in [7, 11) is 1.52. The molecule has 1 saturated heterocycles. The lowest BCUT2D eigenvalue weighted by molar-refractivity contribution is -0.121. The maximum Gasteiger partial charge on any atom is 0.256 e. The van der Waals surface area contributed by atoms with Crippen LogP contribution in [0.5, 0.6) is 5.75 Å². The van der Waals surface area contributed by atoms with Gasteiger partial charge in [0.1, 0.15) is 17.6 Å². The van der Waals surface area contributed by atoms with Crippen molar-refractivity contribution in [2.24, 2.45) is 0 Å². The van der Waals surface area contributed by atoms with Crippen molar-refractivity contribution in [3.05, 3.63) is 54.3 Å². The summed E-state index contributed by atoms with van der Waals surface area (Å²) < 4.78 is 18.0. The highest BCUT2D eigenvalue weighted by atomic mass is 19.1. The third-order valence-electron chi connectivity index (χ3n) is 3.64. The molecule has 0 bridgehead atoms. The van der Waals surface area contributed by atoms with E-state index in [9.17, 15) is 14.0 Å². The number of methoxy groups -OCH3 is 1. The number of halogens is 1. The Balaban J connectivity index is 1.80. The van der Waals surface area contributed by atoms with Crippen LogP contribution in [0.4, 0.5) is 15.8 Å². The number of benzene rings is 2. The smallest absolute Gasteiger partial charge is 0.256 e. The summed E-state index contributed by atoms with van der Waals surface area (Å²) >= 11 is 0. The first-order valence-corrected chi connectivity index (χ1v) is 7.11. The maximum atomic E-state index is 12.9. The van der Waals surface area contributed by atoms with Crippen molar-refractivity contribution in [2.75, 3.05) is 17.3 Å². The van der Waals surface area contributed by atoms with Crippen molar-refractivity contribution in [3.8, 4) is 5.75 Å². The van der Waals surface area contributed by atoms with Gasteiger partial charge in [-0.15, -0.1) is 0 Å². The lowest BCUT2D eigenvalue weighted by Gasteiger charge is -2.16. The monoisotopic (exact) mass is 314 g/mol. The largest absolute Gasteiger partial charge is 0.497 e. The quantitative estimate of drug-likeness (QED) is 0.881. The third kappa shape index (κ3) is 3.01. The summed E-state index contributed by atoms with van der Waals surface area (Å²) in [6.07, 6.45) is 0.0490. The fourth-order valence-corrected chi connectivity index (χ4v) is 2.51. The summed E-state index contributed by atoms with van der Waals surface area (Å²) in [5.41, 5.74) is 1.06. The molecule has 2 amide bonds. The van der Waals surface area contributed by atoms with Gasteiger partial charge in [0, 0.05) is 11.8 Å².